The summed E-state index contributed by atoms with van der Waals surface area (Å²) in [6.45, 7) is 3.85. The highest BCUT2D eigenvalue weighted by Gasteiger charge is 2.22. The van der Waals surface area contributed by atoms with Gasteiger partial charge in [-0.05, 0) is 12.8 Å². The van der Waals surface area contributed by atoms with Gasteiger partial charge in [-0.25, -0.2) is 0 Å². The van der Waals surface area contributed by atoms with E-state index in [1.54, 1.807) is 0 Å². The maximum absolute atomic E-state index is 11.7. The molecule has 0 bridgehead atoms. The lowest BCUT2D eigenvalue weighted by molar-refractivity contribution is -0.130. The lowest BCUT2D eigenvalue weighted by atomic mass is 10.1. The van der Waals surface area contributed by atoms with Crippen molar-refractivity contribution < 1.29 is 4.79 Å². The van der Waals surface area contributed by atoms with Crippen molar-refractivity contribution in [1.82, 2.24) is 4.90 Å². The van der Waals surface area contributed by atoms with Crippen molar-refractivity contribution in [1.29, 1.82) is 0 Å². The Morgan fingerprint density at radius 3 is 2.67 bits per heavy atom. The Hall–Kier alpha value is -0.570. The molecular weight excluding hydrogens is 188 g/mol. The third kappa shape index (κ3) is 4.65. The first-order valence-corrected chi connectivity index (χ1v) is 6.27. The largest absolute Gasteiger partial charge is 0.341 e. The van der Waals surface area contributed by atoms with Crippen molar-refractivity contribution in [3.63, 3.8) is 0 Å². The number of carbonyl (C=O) groups is 1. The summed E-state index contributed by atoms with van der Waals surface area (Å²) < 4.78 is 0. The number of hydrogen-bond donors (Lipinski definition) is 1. The molecule has 1 fully saturated rings. The molecule has 1 heterocycles. The van der Waals surface area contributed by atoms with E-state index in [2.05, 4.69) is 6.92 Å². The maximum atomic E-state index is 11.7. The molecule has 1 unspecified atom stereocenters. The molecule has 0 aromatic rings. The topological polar surface area (TPSA) is 46.3 Å². The third-order valence-electron chi connectivity index (χ3n) is 3.07. The van der Waals surface area contributed by atoms with Gasteiger partial charge in [0.15, 0.2) is 0 Å². The Kier molecular flexibility index (Phi) is 5.69. The molecule has 0 saturated carbocycles. The summed E-state index contributed by atoms with van der Waals surface area (Å²) in [7, 11) is 0. The smallest absolute Gasteiger partial charge is 0.222 e. The zero-order chi connectivity index (χ0) is 11.1. The quantitative estimate of drug-likeness (QED) is 0.684. The van der Waals surface area contributed by atoms with Crippen molar-refractivity contribution in [3.05, 3.63) is 0 Å². The second-order valence-electron chi connectivity index (χ2n) is 4.55. The minimum atomic E-state index is 0.217. The fourth-order valence-electron chi connectivity index (χ4n) is 2.05. The second-order valence-corrected chi connectivity index (χ2v) is 4.55. The number of nitrogens with zero attached hydrogens (tertiary/aromatic N) is 1. The van der Waals surface area contributed by atoms with Crippen LogP contribution < -0.4 is 5.73 Å². The summed E-state index contributed by atoms with van der Waals surface area (Å²) in [5, 5.41) is 0. The van der Waals surface area contributed by atoms with E-state index in [9.17, 15) is 4.79 Å². The molecule has 0 aromatic carbocycles. The molecular formula is C12H24N2O. The highest BCUT2D eigenvalue weighted by molar-refractivity contribution is 5.76. The Morgan fingerprint density at radius 2 is 2.07 bits per heavy atom. The first kappa shape index (κ1) is 12.5. The monoisotopic (exact) mass is 212 g/mol. The van der Waals surface area contributed by atoms with Gasteiger partial charge in [0.05, 0.1) is 0 Å². The first-order valence-electron chi connectivity index (χ1n) is 6.27. The highest BCUT2D eigenvalue weighted by Crippen LogP contribution is 2.11. The van der Waals surface area contributed by atoms with E-state index in [0.717, 1.165) is 32.4 Å². The van der Waals surface area contributed by atoms with Crippen LogP contribution in [-0.2, 0) is 4.79 Å². The maximum Gasteiger partial charge on any atom is 0.222 e. The fraction of sp³-hybridized carbons (Fsp3) is 0.917. The van der Waals surface area contributed by atoms with Crippen molar-refractivity contribution >= 4 is 5.91 Å². The molecule has 1 amide bonds. The number of nitrogens with two attached hydrogens (primary N) is 1. The standard InChI is InChI=1S/C12H24N2O/c1-2-3-4-5-6-7-12(15)14-9-8-11(13)10-14/h11H,2-10,13H2,1H3. The lowest BCUT2D eigenvalue weighted by Crippen LogP contribution is -2.31. The van der Waals surface area contributed by atoms with Gasteiger partial charge < -0.3 is 10.6 Å². The minimum Gasteiger partial charge on any atom is -0.341 e. The molecule has 1 rings (SSSR count). The van der Waals surface area contributed by atoms with E-state index in [1.165, 1.54) is 25.7 Å². The number of carbonyl (C=O) groups excluding carboxylic acids is 1. The van der Waals surface area contributed by atoms with Gasteiger partial charge in [-0.2, -0.15) is 0 Å². The zero-order valence-electron chi connectivity index (χ0n) is 9.87. The van der Waals surface area contributed by atoms with Crippen LogP contribution in [0.25, 0.3) is 0 Å². The predicted octanol–water partition coefficient (Wildman–Crippen LogP) is 1.91. The van der Waals surface area contributed by atoms with Gasteiger partial charge in [-0.3, -0.25) is 4.79 Å². The van der Waals surface area contributed by atoms with E-state index in [0.29, 0.717) is 5.91 Å². The van der Waals surface area contributed by atoms with Crippen molar-refractivity contribution in [2.24, 2.45) is 5.73 Å². The van der Waals surface area contributed by atoms with Gasteiger partial charge in [-0.15, -0.1) is 0 Å². The average Bonchev–Trinajstić information content (AvgIpc) is 2.64. The molecule has 15 heavy (non-hydrogen) atoms. The summed E-state index contributed by atoms with van der Waals surface area (Å²) in [4.78, 5) is 13.6. The molecule has 88 valence electrons. The van der Waals surface area contributed by atoms with Gasteiger partial charge in [0.2, 0.25) is 5.91 Å². The SMILES string of the molecule is CCCCCCCC(=O)N1CCC(N)C1. The zero-order valence-corrected chi connectivity index (χ0v) is 9.87. The third-order valence-corrected chi connectivity index (χ3v) is 3.07. The summed E-state index contributed by atoms with van der Waals surface area (Å²) in [6, 6.07) is 0.217. The van der Waals surface area contributed by atoms with Crippen molar-refractivity contribution in [2.45, 2.75) is 57.9 Å². The van der Waals surface area contributed by atoms with Crippen LogP contribution in [0.5, 0.6) is 0 Å². The number of rotatable bonds is 6. The van der Waals surface area contributed by atoms with E-state index >= 15 is 0 Å². The van der Waals surface area contributed by atoms with Crippen LogP contribution in [0, 0.1) is 0 Å². The summed E-state index contributed by atoms with van der Waals surface area (Å²) >= 11 is 0. The van der Waals surface area contributed by atoms with Crippen LogP contribution in [0.15, 0.2) is 0 Å². The minimum absolute atomic E-state index is 0.217. The molecule has 1 aliphatic rings. The van der Waals surface area contributed by atoms with E-state index < -0.39 is 0 Å². The Balaban J connectivity index is 2.03. The molecule has 1 aliphatic heterocycles. The van der Waals surface area contributed by atoms with Gasteiger partial charge in [-0.1, -0.05) is 32.6 Å². The number of likely N-dealkylation sites (tertiary alicyclic amines) is 1. The van der Waals surface area contributed by atoms with Crippen LogP contribution in [0.4, 0.5) is 0 Å². The molecule has 2 N–H and O–H groups in total. The molecule has 0 radical (unpaired) electrons. The van der Waals surface area contributed by atoms with E-state index in [1.807, 2.05) is 4.90 Å². The second kappa shape index (κ2) is 6.83. The average molecular weight is 212 g/mol. The van der Waals surface area contributed by atoms with Crippen molar-refractivity contribution in [2.75, 3.05) is 13.1 Å². The van der Waals surface area contributed by atoms with Crippen LogP contribution >= 0.6 is 0 Å². The predicted molar refractivity (Wildman–Crippen MR) is 62.5 cm³/mol. The number of amides is 1. The molecule has 0 aromatic heterocycles. The normalized spacial score (nSPS) is 20.9. The fourth-order valence-corrected chi connectivity index (χ4v) is 2.05. The Bertz CT molecular complexity index is 194. The highest BCUT2D eigenvalue weighted by atomic mass is 16.2. The van der Waals surface area contributed by atoms with Gasteiger partial charge in [0.25, 0.3) is 0 Å². The number of hydrogen-bond acceptors (Lipinski definition) is 2. The van der Waals surface area contributed by atoms with E-state index in [4.69, 9.17) is 5.73 Å². The van der Waals surface area contributed by atoms with Crippen LogP contribution in [0.3, 0.4) is 0 Å². The summed E-state index contributed by atoms with van der Waals surface area (Å²) in [5.74, 6) is 0.305. The van der Waals surface area contributed by atoms with Crippen LogP contribution in [0.1, 0.15) is 51.9 Å². The molecule has 0 aliphatic carbocycles. The Morgan fingerprint density at radius 1 is 1.33 bits per heavy atom. The molecule has 3 heteroatoms. The van der Waals surface area contributed by atoms with Gasteiger partial charge in [0.1, 0.15) is 0 Å². The van der Waals surface area contributed by atoms with E-state index in [-0.39, 0.29) is 6.04 Å². The van der Waals surface area contributed by atoms with Crippen molar-refractivity contribution in [3.8, 4) is 0 Å². The van der Waals surface area contributed by atoms with Crippen LogP contribution in [0.2, 0.25) is 0 Å². The molecule has 3 nitrogen and oxygen atoms in total. The molecule has 1 atom stereocenters. The first-order chi connectivity index (χ1) is 7.24. The Labute approximate surface area is 93.0 Å². The lowest BCUT2D eigenvalue weighted by Gasteiger charge is -2.15. The summed E-state index contributed by atoms with van der Waals surface area (Å²) in [5.41, 5.74) is 5.76. The van der Waals surface area contributed by atoms with Gasteiger partial charge in [0, 0.05) is 25.6 Å². The van der Waals surface area contributed by atoms with Crippen LogP contribution in [-0.4, -0.2) is 29.9 Å². The molecule has 1 saturated heterocycles. The van der Waals surface area contributed by atoms with Gasteiger partial charge >= 0.3 is 0 Å². The molecule has 0 spiro atoms. The summed E-state index contributed by atoms with van der Waals surface area (Å²) in [6.07, 6.45) is 7.75. The number of unbranched alkanes of at least 4 members (excludes halogenated alkanes) is 4.